The van der Waals surface area contributed by atoms with Crippen molar-refractivity contribution in [2.24, 2.45) is 5.92 Å². The molecule has 1 atom stereocenters. The molecule has 0 N–H and O–H groups in total. The van der Waals surface area contributed by atoms with E-state index in [2.05, 4.69) is 117 Å². The van der Waals surface area contributed by atoms with Crippen molar-refractivity contribution in [3.63, 3.8) is 0 Å². The number of nitrogens with zero attached hydrogens (tertiary/aromatic N) is 3. The molecule has 0 aliphatic heterocycles. The molecule has 1 aromatic heterocycles. The predicted octanol–water partition coefficient (Wildman–Crippen LogP) is 8.56. The Bertz CT molecular complexity index is 1200. The lowest BCUT2D eigenvalue weighted by molar-refractivity contribution is 0.590. The second-order valence-corrected chi connectivity index (χ2v) is 12.1. The van der Waals surface area contributed by atoms with Gasteiger partial charge in [0.2, 0.25) is 0 Å². The van der Waals surface area contributed by atoms with Gasteiger partial charge in [-0.3, -0.25) is 0 Å². The fourth-order valence-corrected chi connectivity index (χ4v) is 4.48. The van der Waals surface area contributed by atoms with E-state index in [1.165, 1.54) is 27.8 Å². The minimum atomic E-state index is 0.105. The van der Waals surface area contributed by atoms with Gasteiger partial charge >= 0.3 is 0 Å². The summed E-state index contributed by atoms with van der Waals surface area (Å²) in [4.78, 5) is 14.9. The maximum atomic E-state index is 4.98. The summed E-state index contributed by atoms with van der Waals surface area (Å²) < 4.78 is 0. The van der Waals surface area contributed by atoms with Gasteiger partial charge < -0.3 is 0 Å². The van der Waals surface area contributed by atoms with Crippen molar-refractivity contribution in [3.8, 4) is 22.8 Å². The molecular formula is C32H39N3. The Kier molecular flexibility index (Phi) is 6.57. The van der Waals surface area contributed by atoms with E-state index in [0.29, 0.717) is 5.92 Å². The molecule has 1 aliphatic rings. The second kappa shape index (κ2) is 9.18. The van der Waals surface area contributed by atoms with Crippen LogP contribution in [0, 0.1) is 5.92 Å². The zero-order valence-corrected chi connectivity index (χ0v) is 22.8. The molecule has 4 rings (SSSR count). The number of allylic oxidation sites excluding steroid dienone is 4. The third-order valence-corrected chi connectivity index (χ3v) is 7.22. The van der Waals surface area contributed by atoms with Crippen molar-refractivity contribution in [1.29, 1.82) is 0 Å². The van der Waals surface area contributed by atoms with Crippen LogP contribution < -0.4 is 0 Å². The summed E-state index contributed by atoms with van der Waals surface area (Å²) in [5.41, 5.74) is 8.78. The Morgan fingerprint density at radius 1 is 0.629 bits per heavy atom. The Balaban J connectivity index is 1.84. The third kappa shape index (κ3) is 5.45. The maximum Gasteiger partial charge on any atom is 0.164 e. The van der Waals surface area contributed by atoms with Crippen LogP contribution in [0.3, 0.4) is 0 Å². The normalized spacial score (nSPS) is 16.9. The Morgan fingerprint density at radius 2 is 1.03 bits per heavy atom. The molecule has 35 heavy (non-hydrogen) atoms. The molecule has 1 heterocycles. The monoisotopic (exact) mass is 465 g/mol. The molecule has 3 heteroatoms. The fourth-order valence-electron chi connectivity index (χ4n) is 4.48. The predicted molar refractivity (Wildman–Crippen MR) is 148 cm³/mol. The number of hydrogen-bond acceptors (Lipinski definition) is 3. The molecule has 3 nitrogen and oxygen atoms in total. The highest BCUT2D eigenvalue weighted by molar-refractivity contribution is 5.70. The minimum Gasteiger partial charge on any atom is -0.209 e. The van der Waals surface area contributed by atoms with Crippen molar-refractivity contribution in [1.82, 2.24) is 15.0 Å². The molecule has 0 saturated heterocycles. The number of hydrogen-bond donors (Lipinski definition) is 0. The fraction of sp³-hybridized carbons (Fsp3) is 0.406. The number of rotatable bonds is 3. The molecule has 0 amide bonds. The van der Waals surface area contributed by atoms with Crippen molar-refractivity contribution in [2.45, 2.75) is 79.6 Å². The summed E-state index contributed by atoms with van der Waals surface area (Å²) in [6.45, 7) is 20.1. The smallest absolute Gasteiger partial charge is 0.164 e. The van der Waals surface area contributed by atoms with E-state index in [0.717, 1.165) is 35.0 Å². The number of aromatic nitrogens is 3. The van der Waals surface area contributed by atoms with E-state index in [9.17, 15) is 0 Å². The van der Waals surface area contributed by atoms with Crippen molar-refractivity contribution in [2.75, 3.05) is 0 Å². The quantitative estimate of drug-likeness (QED) is 0.389. The van der Waals surface area contributed by atoms with Gasteiger partial charge in [-0.25, -0.2) is 15.0 Å². The molecule has 2 aromatic carbocycles. The number of benzene rings is 2. The third-order valence-electron chi connectivity index (χ3n) is 7.22. The first-order valence-electron chi connectivity index (χ1n) is 12.7. The first-order valence-corrected chi connectivity index (χ1v) is 12.7. The highest BCUT2D eigenvalue weighted by Gasteiger charge is 2.21. The van der Waals surface area contributed by atoms with E-state index in [1.54, 1.807) is 0 Å². The van der Waals surface area contributed by atoms with E-state index in [1.807, 2.05) is 0 Å². The van der Waals surface area contributed by atoms with Crippen molar-refractivity contribution >= 4 is 5.57 Å². The Labute approximate surface area is 211 Å². The summed E-state index contributed by atoms with van der Waals surface area (Å²) in [5.74, 6) is 2.71. The molecule has 0 spiro atoms. The first-order chi connectivity index (χ1) is 16.3. The second-order valence-electron chi connectivity index (χ2n) is 12.1. The van der Waals surface area contributed by atoms with Gasteiger partial charge in [0.15, 0.2) is 17.5 Å². The van der Waals surface area contributed by atoms with Gasteiger partial charge in [-0.2, -0.15) is 0 Å². The van der Waals surface area contributed by atoms with Gasteiger partial charge in [-0.1, -0.05) is 114 Å². The summed E-state index contributed by atoms with van der Waals surface area (Å²) in [7, 11) is 0. The largest absolute Gasteiger partial charge is 0.209 e. The van der Waals surface area contributed by atoms with E-state index in [-0.39, 0.29) is 10.8 Å². The van der Waals surface area contributed by atoms with Crippen molar-refractivity contribution in [3.05, 3.63) is 82.7 Å². The van der Waals surface area contributed by atoms with Gasteiger partial charge in [0, 0.05) is 11.1 Å². The highest BCUT2D eigenvalue weighted by atomic mass is 15.0. The molecule has 1 aliphatic carbocycles. The van der Waals surface area contributed by atoms with E-state index < -0.39 is 0 Å². The Hall–Kier alpha value is -3.07. The van der Waals surface area contributed by atoms with Crippen LogP contribution in [-0.4, -0.2) is 15.0 Å². The van der Waals surface area contributed by atoms with Gasteiger partial charge in [0.05, 0.1) is 0 Å². The van der Waals surface area contributed by atoms with Crippen LogP contribution in [0.4, 0.5) is 0 Å². The molecular weight excluding hydrogens is 426 g/mol. The van der Waals surface area contributed by atoms with Gasteiger partial charge in [0.25, 0.3) is 0 Å². The minimum absolute atomic E-state index is 0.105. The van der Waals surface area contributed by atoms with E-state index >= 15 is 0 Å². The maximum absolute atomic E-state index is 4.98. The summed E-state index contributed by atoms with van der Waals surface area (Å²) in [6, 6.07) is 17.3. The molecule has 0 bridgehead atoms. The zero-order chi connectivity index (χ0) is 25.5. The SMILES string of the molecule is CC1=C(C)C(C)CC(c2nc(-c3ccc(C(C)(C)C)cc3)nc(-c3ccc(C(C)(C)C)cc3)n2)=C1. The highest BCUT2D eigenvalue weighted by Crippen LogP contribution is 2.35. The first kappa shape index (κ1) is 25.0. The standard InChI is InChI=1S/C32H39N3/c1-20-18-25(19-21(2)22(20)3)30-34-28(23-10-14-26(15-11-23)31(4,5)6)33-29(35-30)24-12-16-27(17-13-24)32(7,8)9/h10-18,21H,19H2,1-9H3. The molecule has 0 radical (unpaired) electrons. The molecule has 3 aromatic rings. The van der Waals surface area contributed by atoms with Gasteiger partial charge in [-0.05, 0) is 53.7 Å². The summed E-state index contributed by atoms with van der Waals surface area (Å²) in [5, 5.41) is 0. The lowest BCUT2D eigenvalue weighted by Crippen LogP contribution is -2.11. The lowest BCUT2D eigenvalue weighted by Gasteiger charge is -2.22. The summed E-state index contributed by atoms with van der Waals surface area (Å²) >= 11 is 0. The Morgan fingerprint density at radius 3 is 1.40 bits per heavy atom. The van der Waals surface area contributed by atoms with Gasteiger partial charge in [0.1, 0.15) is 0 Å². The summed E-state index contributed by atoms with van der Waals surface area (Å²) in [6.07, 6.45) is 3.20. The van der Waals surface area contributed by atoms with Crippen LogP contribution in [0.2, 0.25) is 0 Å². The molecule has 182 valence electrons. The lowest BCUT2D eigenvalue weighted by atomic mass is 9.85. The van der Waals surface area contributed by atoms with Gasteiger partial charge in [-0.15, -0.1) is 0 Å². The average molecular weight is 466 g/mol. The van der Waals surface area contributed by atoms with Crippen LogP contribution in [0.25, 0.3) is 28.3 Å². The van der Waals surface area contributed by atoms with Crippen LogP contribution in [0.15, 0.2) is 65.8 Å². The van der Waals surface area contributed by atoms with Crippen LogP contribution in [0.5, 0.6) is 0 Å². The topological polar surface area (TPSA) is 38.7 Å². The molecule has 0 saturated carbocycles. The molecule has 1 unspecified atom stereocenters. The average Bonchev–Trinajstić information content (AvgIpc) is 2.81. The van der Waals surface area contributed by atoms with Crippen LogP contribution >= 0.6 is 0 Å². The van der Waals surface area contributed by atoms with Crippen molar-refractivity contribution < 1.29 is 0 Å². The zero-order valence-electron chi connectivity index (χ0n) is 22.8. The van der Waals surface area contributed by atoms with Crippen LogP contribution in [-0.2, 0) is 10.8 Å². The van der Waals surface area contributed by atoms with E-state index in [4.69, 9.17) is 15.0 Å². The van der Waals surface area contributed by atoms with Crippen LogP contribution in [0.1, 0.15) is 85.7 Å². The molecule has 0 fully saturated rings.